The second-order valence-electron chi connectivity index (χ2n) is 4.83. The van der Waals surface area contributed by atoms with Crippen LogP contribution in [0.15, 0.2) is 24.3 Å². The van der Waals surface area contributed by atoms with Gasteiger partial charge in [-0.05, 0) is 38.1 Å². The Morgan fingerprint density at radius 2 is 1.90 bits per heavy atom. The highest BCUT2D eigenvalue weighted by Gasteiger charge is 2.22. The van der Waals surface area contributed by atoms with E-state index in [4.69, 9.17) is 9.47 Å². The van der Waals surface area contributed by atoms with Gasteiger partial charge in [-0.3, -0.25) is 4.79 Å². The maximum atomic E-state index is 12.1. The number of piperazine rings is 1. The molecule has 1 aromatic rings. The molecular weight excluding hydrogens is 292 g/mol. The van der Waals surface area contributed by atoms with Gasteiger partial charge in [-0.25, -0.2) is 0 Å². The number of hydrogen-bond donors (Lipinski definition) is 1. The molecule has 0 bridgehead atoms. The molecule has 0 radical (unpaired) electrons. The summed E-state index contributed by atoms with van der Waals surface area (Å²) in [7, 11) is 0. The van der Waals surface area contributed by atoms with Crippen LogP contribution in [0.3, 0.4) is 0 Å². The number of carbonyl (C=O) groups excluding carboxylic acids is 1. The minimum Gasteiger partial charge on any atom is -0.494 e. The highest BCUT2D eigenvalue weighted by atomic mass is 35.5. The van der Waals surface area contributed by atoms with Gasteiger partial charge in [0.25, 0.3) is 5.91 Å². The Morgan fingerprint density at radius 3 is 2.48 bits per heavy atom. The molecule has 1 atom stereocenters. The summed E-state index contributed by atoms with van der Waals surface area (Å²) in [5.74, 6) is 1.53. The highest BCUT2D eigenvalue weighted by molar-refractivity contribution is 5.85. The summed E-state index contributed by atoms with van der Waals surface area (Å²) in [6.45, 7) is 7.14. The van der Waals surface area contributed by atoms with Crippen molar-refractivity contribution < 1.29 is 14.3 Å². The van der Waals surface area contributed by atoms with Crippen molar-refractivity contribution in [2.24, 2.45) is 0 Å². The highest BCUT2D eigenvalue weighted by Crippen LogP contribution is 2.17. The molecule has 2 rings (SSSR count). The lowest BCUT2D eigenvalue weighted by Gasteiger charge is -2.33. The summed E-state index contributed by atoms with van der Waals surface area (Å²) in [5, 5.41) is 3.26. The zero-order chi connectivity index (χ0) is 14.4. The monoisotopic (exact) mass is 314 g/mol. The number of nitrogens with one attached hydrogen (secondary N) is 1. The third-order valence-corrected chi connectivity index (χ3v) is 3.32. The Balaban J connectivity index is 0.00000220. The van der Waals surface area contributed by atoms with E-state index in [1.54, 1.807) is 0 Å². The molecule has 1 aliphatic heterocycles. The molecule has 118 valence electrons. The maximum absolute atomic E-state index is 12.1. The van der Waals surface area contributed by atoms with Crippen molar-refractivity contribution in [3.63, 3.8) is 0 Å². The van der Waals surface area contributed by atoms with E-state index in [9.17, 15) is 4.79 Å². The number of hydrogen-bond acceptors (Lipinski definition) is 4. The second-order valence-corrected chi connectivity index (χ2v) is 4.83. The molecule has 1 amide bonds. The molecule has 0 saturated carbocycles. The zero-order valence-electron chi connectivity index (χ0n) is 12.5. The molecule has 1 aliphatic rings. The molecule has 1 fully saturated rings. The van der Waals surface area contributed by atoms with Crippen molar-refractivity contribution in [1.29, 1.82) is 0 Å². The summed E-state index contributed by atoms with van der Waals surface area (Å²) in [6, 6.07) is 7.55. The Morgan fingerprint density at radius 1 is 1.29 bits per heavy atom. The predicted molar refractivity (Wildman–Crippen MR) is 84.4 cm³/mol. The van der Waals surface area contributed by atoms with Gasteiger partial charge in [0, 0.05) is 25.7 Å². The molecule has 1 unspecified atom stereocenters. The maximum Gasteiger partial charge on any atom is 0.260 e. The Hall–Kier alpha value is -1.46. The fourth-order valence-electron chi connectivity index (χ4n) is 2.24. The summed E-state index contributed by atoms with van der Waals surface area (Å²) in [5.41, 5.74) is 0. The van der Waals surface area contributed by atoms with Gasteiger partial charge >= 0.3 is 0 Å². The van der Waals surface area contributed by atoms with Crippen LogP contribution in [0, 0.1) is 0 Å². The first-order chi connectivity index (χ1) is 9.70. The Kier molecular flexibility index (Phi) is 7.32. The van der Waals surface area contributed by atoms with Crippen LogP contribution < -0.4 is 14.8 Å². The van der Waals surface area contributed by atoms with Crippen molar-refractivity contribution >= 4 is 18.3 Å². The lowest BCUT2D eigenvalue weighted by Crippen LogP contribution is -2.53. The number of amides is 1. The number of rotatable bonds is 5. The van der Waals surface area contributed by atoms with Crippen LogP contribution in [0.25, 0.3) is 0 Å². The van der Waals surface area contributed by atoms with Gasteiger partial charge in [-0.1, -0.05) is 0 Å². The standard InChI is InChI=1S/C15H22N2O3.ClH/c1-3-19-13-4-6-14(7-5-13)20-11-15(18)17-9-8-16-10-12(17)2;/h4-7,12,16H,3,8-11H2,1-2H3;1H. The van der Waals surface area contributed by atoms with Crippen LogP contribution in [0.2, 0.25) is 0 Å². The van der Waals surface area contributed by atoms with Gasteiger partial charge in [0.05, 0.1) is 6.61 Å². The third-order valence-electron chi connectivity index (χ3n) is 3.32. The van der Waals surface area contributed by atoms with Crippen molar-refractivity contribution in [1.82, 2.24) is 10.2 Å². The molecule has 1 aromatic carbocycles. The van der Waals surface area contributed by atoms with Gasteiger partial charge in [0.15, 0.2) is 6.61 Å². The van der Waals surface area contributed by atoms with Crippen LogP contribution in [0.4, 0.5) is 0 Å². The van der Waals surface area contributed by atoms with Crippen molar-refractivity contribution in [3.05, 3.63) is 24.3 Å². The Labute approximate surface area is 132 Å². The number of ether oxygens (including phenoxy) is 2. The minimum absolute atomic E-state index is 0. The quantitative estimate of drug-likeness (QED) is 0.899. The average molecular weight is 315 g/mol. The van der Waals surface area contributed by atoms with E-state index in [-0.39, 0.29) is 31.0 Å². The van der Waals surface area contributed by atoms with E-state index < -0.39 is 0 Å². The first-order valence-electron chi connectivity index (χ1n) is 7.06. The molecule has 1 heterocycles. The van der Waals surface area contributed by atoms with E-state index >= 15 is 0 Å². The van der Waals surface area contributed by atoms with Crippen molar-refractivity contribution in [2.45, 2.75) is 19.9 Å². The van der Waals surface area contributed by atoms with Gasteiger partial charge in [-0.15, -0.1) is 12.4 Å². The molecule has 6 heteroatoms. The first kappa shape index (κ1) is 17.6. The van der Waals surface area contributed by atoms with Crippen molar-refractivity contribution in [2.75, 3.05) is 32.8 Å². The fraction of sp³-hybridized carbons (Fsp3) is 0.533. The first-order valence-corrected chi connectivity index (χ1v) is 7.06. The number of nitrogens with zero attached hydrogens (tertiary/aromatic N) is 1. The van der Waals surface area contributed by atoms with Gasteiger partial charge in [0.1, 0.15) is 11.5 Å². The lowest BCUT2D eigenvalue weighted by atomic mass is 10.2. The van der Waals surface area contributed by atoms with Crippen LogP contribution in [0.5, 0.6) is 11.5 Å². The molecule has 5 nitrogen and oxygen atoms in total. The van der Waals surface area contributed by atoms with Crippen LogP contribution in [-0.2, 0) is 4.79 Å². The zero-order valence-corrected chi connectivity index (χ0v) is 13.3. The predicted octanol–water partition coefficient (Wildman–Crippen LogP) is 1.71. The lowest BCUT2D eigenvalue weighted by molar-refractivity contribution is -0.136. The SMILES string of the molecule is CCOc1ccc(OCC(=O)N2CCNCC2C)cc1.Cl. The second kappa shape index (κ2) is 8.74. The number of halogens is 1. The summed E-state index contributed by atoms with van der Waals surface area (Å²) < 4.78 is 10.9. The Bertz CT molecular complexity index is 439. The van der Waals surface area contributed by atoms with Crippen LogP contribution in [0.1, 0.15) is 13.8 Å². The molecule has 1 N–H and O–H groups in total. The van der Waals surface area contributed by atoms with Crippen molar-refractivity contribution in [3.8, 4) is 11.5 Å². The summed E-state index contributed by atoms with van der Waals surface area (Å²) in [6.07, 6.45) is 0. The molecule has 0 aromatic heterocycles. The van der Waals surface area contributed by atoms with Crippen LogP contribution >= 0.6 is 12.4 Å². The average Bonchev–Trinajstić information content (AvgIpc) is 2.47. The number of carbonyl (C=O) groups is 1. The molecular formula is C15H23ClN2O3. The molecule has 0 spiro atoms. The van der Waals surface area contributed by atoms with Gasteiger partial charge in [0.2, 0.25) is 0 Å². The van der Waals surface area contributed by atoms with E-state index in [0.717, 1.165) is 25.4 Å². The van der Waals surface area contributed by atoms with Crippen LogP contribution in [-0.4, -0.2) is 49.7 Å². The third kappa shape index (κ3) is 5.10. The molecule has 21 heavy (non-hydrogen) atoms. The van der Waals surface area contributed by atoms with E-state index in [2.05, 4.69) is 5.32 Å². The van der Waals surface area contributed by atoms with E-state index in [1.165, 1.54) is 0 Å². The minimum atomic E-state index is 0. The smallest absolute Gasteiger partial charge is 0.260 e. The molecule has 1 saturated heterocycles. The van der Waals surface area contributed by atoms with E-state index in [0.29, 0.717) is 12.4 Å². The largest absolute Gasteiger partial charge is 0.494 e. The van der Waals surface area contributed by atoms with Gasteiger partial charge < -0.3 is 19.7 Å². The van der Waals surface area contributed by atoms with E-state index in [1.807, 2.05) is 43.0 Å². The normalized spacial score (nSPS) is 17.8. The summed E-state index contributed by atoms with van der Waals surface area (Å²) in [4.78, 5) is 14.0. The molecule has 0 aliphatic carbocycles. The number of benzene rings is 1. The van der Waals surface area contributed by atoms with Gasteiger partial charge in [-0.2, -0.15) is 0 Å². The summed E-state index contributed by atoms with van der Waals surface area (Å²) >= 11 is 0. The fourth-order valence-corrected chi connectivity index (χ4v) is 2.24. The topological polar surface area (TPSA) is 50.8 Å².